The second-order valence-corrected chi connectivity index (χ2v) is 13.3. The van der Waals surface area contributed by atoms with Crippen LogP contribution in [-0.2, 0) is 35.7 Å². The molecule has 0 spiro atoms. The number of rotatable bonds is 7. The molecule has 13 nitrogen and oxygen atoms in total. The standard InChI is InChI=1S/C19H21N7O.C17H20ClN3O2.ClH/c1-12-5-13(3-4-14(12)8-20)16-7-17(22-11-21-16)23-18-6-15-9-25(2)19(27)10-26(15)24-18;1-11-7-12(14-8-15(18)21-10-20-14)5-6-13(11)9-19-16(22)23-17(2,3)4;/h3-7,11H,8-10,20H2,1-2H3,(H,21,22,23,24);5-8,10H,9H2,1-4H3,(H,19,22);1H. The summed E-state index contributed by atoms with van der Waals surface area (Å²) in [5.41, 5.74) is 14.1. The predicted octanol–water partition coefficient (Wildman–Crippen LogP) is 6.37. The molecular weight excluding hydrogens is 691 g/mol. The Bertz CT molecular complexity index is 2010. The van der Waals surface area contributed by atoms with Crippen molar-refractivity contribution in [2.24, 2.45) is 5.73 Å². The molecule has 2 amide bonds. The summed E-state index contributed by atoms with van der Waals surface area (Å²) in [6.45, 7) is 11.3. The summed E-state index contributed by atoms with van der Waals surface area (Å²) < 4.78 is 6.95. The number of ether oxygens (including phenoxy) is 1. The van der Waals surface area contributed by atoms with Crippen LogP contribution in [0.25, 0.3) is 22.5 Å². The summed E-state index contributed by atoms with van der Waals surface area (Å²) in [4.78, 5) is 42.0. The van der Waals surface area contributed by atoms with Gasteiger partial charge in [0, 0.05) is 49.5 Å². The number of benzene rings is 2. The molecule has 2 aromatic carbocycles. The van der Waals surface area contributed by atoms with Crippen molar-refractivity contribution in [3.63, 3.8) is 0 Å². The van der Waals surface area contributed by atoms with Gasteiger partial charge < -0.3 is 26.0 Å². The summed E-state index contributed by atoms with van der Waals surface area (Å²) in [5.74, 6) is 1.36. The van der Waals surface area contributed by atoms with Crippen LogP contribution in [-0.4, -0.2) is 59.3 Å². The summed E-state index contributed by atoms with van der Waals surface area (Å²) in [5, 5.41) is 10.8. The zero-order valence-electron chi connectivity index (χ0n) is 29.4. The highest BCUT2D eigenvalue weighted by Crippen LogP contribution is 2.25. The van der Waals surface area contributed by atoms with Crippen LogP contribution in [0.5, 0.6) is 0 Å². The number of nitrogens with one attached hydrogen (secondary N) is 2. The highest BCUT2D eigenvalue weighted by atomic mass is 35.5. The summed E-state index contributed by atoms with van der Waals surface area (Å²) in [6, 6.07) is 17.5. The van der Waals surface area contributed by atoms with E-state index in [4.69, 9.17) is 22.1 Å². The number of carbonyl (C=O) groups is 2. The first-order valence-electron chi connectivity index (χ1n) is 16.0. The number of anilines is 2. The number of halogens is 2. The molecule has 3 aromatic heterocycles. The van der Waals surface area contributed by atoms with Crippen LogP contribution in [0.2, 0.25) is 5.15 Å². The van der Waals surface area contributed by atoms with Crippen LogP contribution in [0, 0.1) is 13.8 Å². The van der Waals surface area contributed by atoms with E-state index in [0.717, 1.165) is 50.5 Å². The van der Waals surface area contributed by atoms with Crippen molar-refractivity contribution >= 4 is 47.6 Å². The number of aromatic nitrogens is 6. The van der Waals surface area contributed by atoms with Crippen molar-refractivity contribution in [2.75, 3.05) is 12.4 Å². The fraction of sp³-hybridized carbons (Fsp3) is 0.306. The van der Waals surface area contributed by atoms with Crippen LogP contribution in [0.15, 0.2) is 67.3 Å². The molecule has 0 atom stereocenters. The number of amides is 2. The molecule has 0 fully saturated rings. The number of hydrogen-bond donors (Lipinski definition) is 3. The Hall–Kier alpha value is -5.11. The lowest BCUT2D eigenvalue weighted by Crippen LogP contribution is -2.36. The van der Waals surface area contributed by atoms with E-state index in [2.05, 4.69) is 41.7 Å². The molecule has 15 heteroatoms. The van der Waals surface area contributed by atoms with Gasteiger partial charge in [-0.3, -0.25) is 9.48 Å². The van der Waals surface area contributed by atoms with Crippen LogP contribution in [0.4, 0.5) is 16.4 Å². The number of fused-ring (bicyclic) bond motifs is 1. The largest absolute Gasteiger partial charge is 0.444 e. The van der Waals surface area contributed by atoms with Crippen molar-refractivity contribution in [1.82, 2.24) is 39.9 Å². The van der Waals surface area contributed by atoms with Gasteiger partial charge in [-0.15, -0.1) is 12.4 Å². The fourth-order valence-corrected chi connectivity index (χ4v) is 5.33. The number of aryl methyl sites for hydroxylation is 2. The smallest absolute Gasteiger partial charge is 0.407 e. The number of likely N-dealkylation sites (N-methyl/N-ethyl adjacent to an activating group) is 1. The van der Waals surface area contributed by atoms with Gasteiger partial charge in [0.15, 0.2) is 5.82 Å². The average molecular weight is 734 g/mol. The minimum atomic E-state index is -0.505. The van der Waals surface area contributed by atoms with Crippen molar-refractivity contribution in [3.8, 4) is 22.5 Å². The Morgan fingerprint density at radius 1 is 0.882 bits per heavy atom. The first kappa shape index (κ1) is 38.7. The first-order valence-corrected chi connectivity index (χ1v) is 16.4. The highest BCUT2D eigenvalue weighted by Gasteiger charge is 2.22. The lowest BCUT2D eigenvalue weighted by molar-refractivity contribution is -0.132. The number of nitrogens with two attached hydrogens (primary N) is 1. The lowest BCUT2D eigenvalue weighted by atomic mass is 10.0. The monoisotopic (exact) mass is 732 g/mol. The van der Waals surface area contributed by atoms with E-state index in [1.807, 2.05) is 77.1 Å². The minimum absolute atomic E-state index is 0. The fourth-order valence-electron chi connectivity index (χ4n) is 5.19. The Balaban J connectivity index is 0.000000228. The molecule has 0 unspecified atom stereocenters. The van der Waals surface area contributed by atoms with Gasteiger partial charge in [-0.2, -0.15) is 5.10 Å². The third kappa shape index (κ3) is 10.5. The summed E-state index contributed by atoms with van der Waals surface area (Å²) in [6.07, 6.45) is 2.53. The molecule has 0 radical (unpaired) electrons. The maximum absolute atomic E-state index is 11.8. The van der Waals surface area contributed by atoms with E-state index < -0.39 is 11.7 Å². The van der Waals surface area contributed by atoms with Gasteiger partial charge >= 0.3 is 6.09 Å². The summed E-state index contributed by atoms with van der Waals surface area (Å²) >= 11 is 5.89. The zero-order valence-corrected chi connectivity index (χ0v) is 31.0. The second-order valence-electron chi connectivity index (χ2n) is 12.9. The van der Waals surface area contributed by atoms with E-state index in [9.17, 15) is 9.59 Å². The quantitative estimate of drug-likeness (QED) is 0.160. The maximum atomic E-state index is 11.8. The predicted molar refractivity (Wildman–Crippen MR) is 200 cm³/mol. The van der Waals surface area contributed by atoms with E-state index >= 15 is 0 Å². The van der Waals surface area contributed by atoms with Crippen molar-refractivity contribution in [1.29, 1.82) is 0 Å². The Morgan fingerprint density at radius 2 is 1.51 bits per heavy atom. The third-order valence-electron chi connectivity index (χ3n) is 7.85. The Morgan fingerprint density at radius 3 is 2.12 bits per heavy atom. The Kier molecular flexibility index (Phi) is 12.7. The highest BCUT2D eigenvalue weighted by molar-refractivity contribution is 6.29. The van der Waals surface area contributed by atoms with Gasteiger partial charge in [-0.05, 0) is 69.0 Å². The summed E-state index contributed by atoms with van der Waals surface area (Å²) in [7, 11) is 1.79. The molecule has 0 aliphatic carbocycles. The molecule has 0 saturated heterocycles. The van der Waals surface area contributed by atoms with Gasteiger partial charge in [-0.1, -0.05) is 35.9 Å². The van der Waals surface area contributed by atoms with Crippen molar-refractivity contribution in [3.05, 3.63) is 100 Å². The van der Waals surface area contributed by atoms with Crippen LogP contribution < -0.4 is 16.4 Å². The van der Waals surface area contributed by atoms with Gasteiger partial charge in [0.2, 0.25) is 5.91 Å². The number of nitrogens with zero attached hydrogens (tertiary/aromatic N) is 7. The molecule has 6 rings (SSSR count). The molecular formula is C36H42Cl2N10O3. The van der Waals surface area contributed by atoms with E-state index in [1.54, 1.807) is 22.7 Å². The molecule has 4 heterocycles. The molecule has 1 aliphatic heterocycles. The number of carbonyl (C=O) groups excluding carboxylic acids is 2. The molecule has 1 aliphatic rings. The average Bonchev–Trinajstić information content (AvgIpc) is 3.44. The van der Waals surface area contributed by atoms with Crippen LogP contribution >= 0.6 is 24.0 Å². The van der Waals surface area contributed by atoms with E-state index in [1.165, 1.54) is 12.7 Å². The van der Waals surface area contributed by atoms with Gasteiger partial charge in [0.05, 0.1) is 23.6 Å². The lowest BCUT2D eigenvalue weighted by Gasteiger charge is -2.22. The van der Waals surface area contributed by atoms with Crippen molar-refractivity contribution < 1.29 is 14.3 Å². The molecule has 268 valence electrons. The molecule has 0 saturated carbocycles. The van der Waals surface area contributed by atoms with E-state index in [0.29, 0.717) is 36.4 Å². The van der Waals surface area contributed by atoms with E-state index in [-0.39, 0.29) is 24.9 Å². The molecule has 5 aromatic rings. The van der Waals surface area contributed by atoms with Crippen LogP contribution in [0.3, 0.4) is 0 Å². The molecule has 51 heavy (non-hydrogen) atoms. The SMILES string of the molecule is Cc1cc(-c2cc(Cl)ncn2)ccc1CNC(=O)OC(C)(C)C.Cc1cc(-c2cc(Nc3cc4n(n3)CC(=O)N(C)C4)ncn2)ccc1CN.Cl. The zero-order chi connectivity index (χ0) is 36.0. The maximum Gasteiger partial charge on any atom is 0.407 e. The number of alkyl carbamates (subject to hydrolysis) is 1. The number of hydrogen-bond acceptors (Lipinski definition) is 10. The normalized spacial score (nSPS) is 12.2. The molecule has 0 bridgehead atoms. The topological polar surface area (TPSA) is 166 Å². The molecule has 4 N–H and O–H groups in total. The second kappa shape index (κ2) is 16.7. The van der Waals surface area contributed by atoms with Crippen LogP contribution in [0.1, 0.15) is 48.7 Å². The Labute approximate surface area is 308 Å². The van der Waals surface area contributed by atoms with Crippen molar-refractivity contribution in [2.45, 2.75) is 66.4 Å². The minimum Gasteiger partial charge on any atom is -0.444 e. The van der Waals surface area contributed by atoms with Gasteiger partial charge in [-0.25, -0.2) is 24.7 Å². The first-order chi connectivity index (χ1) is 23.8. The van der Waals surface area contributed by atoms with Gasteiger partial charge in [0.1, 0.15) is 35.8 Å². The van der Waals surface area contributed by atoms with Gasteiger partial charge in [0.25, 0.3) is 0 Å². The third-order valence-corrected chi connectivity index (χ3v) is 8.06.